The van der Waals surface area contributed by atoms with Crippen molar-refractivity contribution in [3.8, 4) is 0 Å². The largest absolute Gasteiger partial charge is 0.378 e. The van der Waals surface area contributed by atoms with Crippen molar-refractivity contribution in [3.05, 3.63) is 15.9 Å². The Morgan fingerprint density at radius 1 is 1.44 bits per heavy atom. The van der Waals surface area contributed by atoms with E-state index in [1.807, 2.05) is 14.0 Å². The standard InChI is InChI=1S/C10H14BrN3O2/c1-7-8(11)9(12-13(7)2)10(15)14-3-5-16-6-4-14/h3-6H2,1-2H3. The molecule has 6 heteroatoms. The minimum absolute atomic E-state index is 0.0288. The molecule has 0 atom stereocenters. The van der Waals surface area contributed by atoms with E-state index in [1.165, 1.54) is 0 Å². The maximum absolute atomic E-state index is 12.2. The highest BCUT2D eigenvalue weighted by Gasteiger charge is 2.24. The highest BCUT2D eigenvalue weighted by atomic mass is 79.9. The van der Waals surface area contributed by atoms with Crippen LogP contribution in [0.15, 0.2) is 4.47 Å². The van der Waals surface area contributed by atoms with Gasteiger partial charge in [0.1, 0.15) is 0 Å². The Kier molecular flexibility index (Phi) is 3.30. The minimum atomic E-state index is -0.0288. The molecule has 1 aliphatic heterocycles. The highest BCUT2D eigenvalue weighted by Crippen LogP contribution is 2.21. The second kappa shape index (κ2) is 4.55. The predicted molar refractivity (Wildman–Crippen MR) is 62.4 cm³/mol. The molecule has 1 fully saturated rings. The zero-order valence-corrected chi connectivity index (χ0v) is 11.0. The van der Waals surface area contributed by atoms with Crippen LogP contribution in [0.5, 0.6) is 0 Å². The average Bonchev–Trinajstić information content (AvgIpc) is 2.57. The molecule has 0 radical (unpaired) electrons. The van der Waals surface area contributed by atoms with Crippen molar-refractivity contribution in [1.29, 1.82) is 0 Å². The number of aromatic nitrogens is 2. The summed E-state index contributed by atoms with van der Waals surface area (Å²) in [4.78, 5) is 13.9. The van der Waals surface area contributed by atoms with Gasteiger partial charge in [-0.1, -0.05) is 0 Å². The lowest BCUT2D eigenvalue weighted by molar-refractivity contribution is 0.0298. The lowest BCUT2D eigenvalue weighted by atomic mass is 10.3. The Morgan fingerprint density at radius 3 is 2.56 bits per heavy atom. The van der Waals surface area contributed by atoms with E-state index in [0.29, 0.717) is 32.0 Å². The molecule has 2 heterocycles. The molecule has 0 bridgehead atoms. The lowest BCUT2D eigenvalue weighted by Gasteiger charge is -2.26. The summed E-state index contributed by atoms with van der Waals surface area (Å²) in [5.41, 5.74) is 1.44. The van der Waals surface area contributed by atoms with Crippen molar-refractivity contribution in [2.45, 2.75) is 6.92 Å². The fraction of sp³-hybridized carbons (Fsp3) is 0.600. The molecule has 1 aromatic rings. The van der Waals surface area contributed by atoms with Crippen molar-refractivity contribution in [1.82, 2.24) is 14.7 Å². The number of morpholine rings is 1. The van der Waals surface area contributed by atoms with Gasteiger partial charge in [-0.25, -0.2) is 0 Å². The monoisotopic (exact) mass is 287 g/mol. The van der Waals surface area contributed by atoms with Crippen LogP contribution in [-0.2, 0) is 11.8 Å². The topological polar surface area (TPSA) is 47.4 Å². The van der Waals surface area contributed by atoms with Crippen molar-refractivity contribution in [2.75, 3.05) is 26.3 Å². The SMILES string of the molecule is Cc1c(Br)c(C(=O)N2CCOCC2)nn1C. The Morgan fingerprint density at radius 2 is 2.06 bits per heavy atom. The van der Waals surface area contributed by atoms with Gasteiger partial charge in [0.15, 0.2) is 5.69 Å². The molecule has 1 amide bonds. The summed E-state index contributed by atoms with van der Waals surface area (Å²) in [6, 6.07) is 0. The van der Waals surface area contributed by atoms with Crippen LogP contribution >= 0.6 is 15.9 Å². The fourth-order valence-electron chi connectivity index (χ4n) is 1.64. The number of halogens is 1. The van der Waals surface area contributed by atoms with Crippen LogP contribution in [0.3, 0.4) is 0 Å². The summed E-state index contributed by atoms with van der Waals surface area (Å²) in [7, 11) is 1.83. The number of hydrogen-bond acceptors (Lipinski definition) is 3. The smallest absolute Gasteiger partial charge is 0.275 e. The maximum Gasteiger partial charge on any atom is 0.275 e. The molecule has 16 heavy (non-hydrogen) atoms. The number of hydrogen-bond donors (Lipinski definition) is 0. The van der Waals surface area contributed by atoms with Crippen LogP contribution < -0.4 is 0 Å². The third-order valence-electron chi connectivity index (χ3n) is 2.76. The van der Waals surface area contributed by atoms with Gasteiger partial charge >= 0.3 is 0 Å². The molecule has 5 nitrogen and oxygen atoms in total. The minimum Gasteiger partial charge on any atom is -0.378 e. The number of amides is 1. The molecule has 0 aromatic carbocycles. The van der Waals surface area contributed by atoms with Gasteiger partial charge in [-0.15, -0.1) is 0 Å². The van der Waals surface area contributed by atoms with E-state index in [0.717, 1.165) is 10.2 Å². The summed E-state index contributed by atoms with van der Waals surface area (Å²) in [6.07, 6.45) is 0. The normalized spacial score (nSPS) is 16.6. The molecule has 0 unspecified atom stereocenters. The van der Waals surface area contributed by atoms with Gasteiger partial charge in [-0.2, -0.15) is 5.10 Å². The van der Waals surface area contributed by atoms with Gasteiger partial charge < -0.3 is 9.64 Å². The van der Waals surface area contributed by atoms with E-state index in [1.54, 1.807) is 9.58 Å². The van der Waals surface area contributed by atoms with Crippen molar-refractivity contribution < 1.29 is 9.53 Å². The second-order valence-electron chi connectivity index (χ2n) is 3.78. The van der Waals surface area contributed by atoms with E-state index >= 15 is 0 Å². The Balaban J connectivity index is 2.22. The van der Waals surface area contributed by atoms with Gasteiger partial charge in [0, 0.05) is 20.1 Å². The van der Waals surface area contributed by atoms with E-state index < -0.39 is 0 Å². The summed E-state index contributed by atoms with van der Waals surface area (Å²) in [5, 5.41) is 4.22. The number of rotatable bonds is 1. The van der Waals surface area contributed by atoms with Crippen LogP contribution in [0.25, 0.3) is 0 Å². The summed E-state index contributed by atoms with van der Waals surface area (Å²) in [5.74, 6) is -0.0288. The number of carbonyl (C=O) groups is 1. The zero-order chi connectivity index (χ0) is 11.7. The Bertz CT molecular complexity index is 410. The molecule has 0 saturated carbocycles. The second-order valence-corrected chi connectivity index (χ2v) is 4.57. The lowest BCUT2D eigenvalue weighted by Crippen LogP contribution is -2.41. The predicted octanol–water partition coefficient (Wildman–Crippen LogP) is 0.963. The Labute approximate surface area is 102 Å². The van der Waals surface area contributed by atoms with Crippen LogP contribution in [-0.4, -0.2) is 46.9 Å². The van der Waals surface area contributed by atoms with Gasteiger partial charge in [-0.05, 0) is 22.9 Å². The van der Waals surface area contributed by atoms with Gasteiger partial charge in [-0.3, -0.25) is 9.48 Å². The van der Waals surface area contributed by atoms with Crippen molar-refractivity contribution >= 4 is 21.8 Å². The number of ether oxygens (including phenoxy) is 1. The van der Waals surface area contributed by atoms with E-state index in [2.05, 4.69) is 21.0 Å². The molecular formula is C10H14BrN3O2. The van der Waals surface area contributed by atoms with Crippen molar-refractivity contribution in [2.24, 2.45) is 7.05 Å². The molecule has 1 saturated heterocycles. The van der Waals surface area contributed by atoms with E-state index in [9.17, 15) is 4.79 Å². The summed E-state index contributed by atoms with van der Waals surface area (Å²) >= 11 is 3.41. The molecule has 88 valence electrons. The number of aryl methyl sites for hydroxylation is 1. The fourth-order valence-corrected chi connectivity index (χ4v) is 2.14. The number of nitrogens with zero attached hydrogens (tertiary/aromatic N) is 3. The van der Waals surface area contributed by atoms with Crippen LogP contribution in [0.1, 0.15) is 16.2 Å². The van der Waals surface area contributed by atoms with Crippen LogP contribution in [0.4, 0.5) is 0 Å². The van der Waals surface area contributed by atoms with Crippen molar-refractivity contribution in [3.63, 3.8) is 0 Å². The average molecular weight is 288 g/mol. The molecular weight excluding hydrogens is 274 g/mol. The first kappa shape index (κ1) is 11.6. The first-order valence-corrected chi connectivity index (χ1v) is 5.96. The highest BCUT2D eigenvalue weighted by molar-refractivity contribution is 9.10. The quantitative estimate of drug-likeness (QED) is 0.773. The first-order chi connectivity index (χ1) is 7.61. The summed E-state index contributed by atoms with van der Waals surface area (Å²) in [6.45, 7) is 4.42. The molecule has 0 aliphatic carbocycles. The molecule has 1 aliphatic rings. The molecule has 0 spiro atoms. The van der Waals surface area contributed by atoms with Crippen LogP contribution in [0.2, 0.25) is 0 Å². The Hall–Kier alpha value is -0.880. The maximum atomic E-state index is 12.2. The third-order valence-corrected chi connectivity index (χ3v) is 3.71. The first-order valence-electron chi connectivity index (χ1n) is 5.17. The molecule has 2 rings (SSSR count). The van der Waals surface area contributed by atoms with E-state index in [4.69, 9.17) is 4.74 Å². The zero-order valence-electron chi connectivity index (χ0n) is 9.36. The van der Waals surface area contributed by atoms with E-state index in [-0.39, 0.29) is 5.91 Å². The number of carbonyl (C=O) groups excluding carboxylic acids is 1. The third kappa shape index (κ3) is 1.99. The molecule has 1 aromatic heterocycles. The van der Waals surface area contributed by atoms with Gasteiger partial charge in [0.2, 0.25) is 0 Å². The van der Waals surface area contributed by atoms with Gasteiger partial charge in [0.05, 0.1) is 23.4 Å². The van der Waals surface area contributed by atoms with Crippen LogP contribution in [0, 0.1) is 6.92 Å². The molecule has 0 N–H and O–H groups in total. The van der Waals surface area contributed by atoms with Gasteiger partial charge in [0.25, 0.3) is 5.91 Å². The summed E-state index contributed by atoms with van der Waals surface area (Å²) < 4.78 is 7.70.